The van der Waals surface area contributed by atoms with Crippen molar-refractivity contribution in [1.29, 1.82) is 0 Å². The maximum Gasteiger partial charge on any atom is 0.279 e. The summed E-state index contributed by atoms with van der Waals surface area (Å²) in [7, 11) is 1.60. The molecule has 0 radical (unpaired) electrons. The third-order valence-electron chi connectivity index (χ3n) is 4.17. The minimum absolute atomic E-state index is 0.241. The molecular weight excluding hydrogens is 308 g/mol. The van der Waals surface area contributed by atoms with Crippen molar-refractivity contribution in [3.05, 3.63) is 34.6 Å². The van der Waals surface area contributed by atoms with E-state index in [2.05, 4.69) is 20.1 Å². The van der Waals surface area contributed by atoms with Crippen molar-refractivity contribution in [2.24, 2.45) is 5.73 Å². The number of benzene rings is 1. The number of piperazine rings is 1. The van der Waals surface area contributed by atoms with E-state index in [4.69, 9.17) is 10.5 Å². The Morgan fingerprint density at radius 3 is 2.46 bits per heavy atom. The number of nitrogens with two attached hydrogens (primary N) is 1. The molecule has 3 N–H and O–H groups in total. The molecule has 1 aliphatic rings. The topological polar surface area (TPSA) is 100 Å². The molecule has 8 heteroatoms. The first-order valence-electron chi connectivity index (χ1n) is 8.00. The zero-order valence-corrected chi connectivity index (χ0v) is 13.7. The molecule has 128 valence electrons. The second-order valence-electron chi connectivity index (χ2n) is 5.67. The number of aromatic amines is 1. The predicted octanol–water partition coefficient (Wildman–Crippen LogP) is -0.0788. The minimum atomic E-state index is -0.241. The molecule has 24 heavy (non-hydrogen) atoms. The Hall–Kier alpha value is -2.45. The highest BCUT2D eigenvalue weighted by Crippen LogP contribution is 2.18. The van der Waals surface area contributed by atoms with Crippen LogP contribution in [0.15, 0.2) is 29.1 Å². The summed E-state index contributed by atoms with van der Waals surface area (Å²) in [5.41, 5.74) is 6.36. The van der Waals surface area contributed by atoms with Crippen LogP contribution in [0, 0.1) is 0 Å². The molecule has 8 nitrogen and oxygen atoms in total. The SMILES string of the molecule is COc1ccc(-c2nnc(N3CCN(CCN)CC3)[nH]c2=O)cc1. The van der Waals surface area contributed by atoms with Crippen LogP contribution in [-0.4, -0.2) is 66.5 Å². The third kappa shape index (κ3) is 3.55. The van der Waals surface area contributed by atoms with Gasteiger partial charge < -0.3 is 15.4 Å². The number of ether oxygens (including phenoxy) is 1. The summed E-state index contributed by atoms with van der Waals surface area (Å²) < 4.78 is 5.12. The number of methoxy groups -OCH3 is 1. The molecule has 2 aromatic rings. The van der Waals surface area contributed by atoms with E-state index in [1.54, 1.807) is 31.4 Å². The normalized spacial score (nSPS) is 15.5. The van der Waals surface area contributed by atoms with Crippen molar-refractivity contribution < 1.29 is 4.74 Å². The number of anilines is 1. The van der Waals surface area contributed by atoms with Gasteiger partial charge in [0.05, 0.1) is 7.11 Å². The number of rotatable bonds is 5. The molecule has 0 saturated carbocycles. The first-order valence-corrected chi connectivity index (χ1v) is 8.00. The molecule has 0 atom stereocenters. The average molecular weight is 330 g/mol. The van der Waals surface area contributed by atoms with E-state index in [9.17, 15) is 4.79 Å². The van der Waals surface area contributed by atoms with Crippen LogP contribution in [0.2, 0.25) is 0 Å². The van der Waals surface area contributed by atoms with Gasteiger partial charge in [0.1, 0.15) is 5.75 Å². The number of nitrogens with one attached hydrogen (secondary N) is 1. The maximum atomic E-state index is 12.4. The lowest BCUT2D eigenvalue weighted by molar-refractivity contribution is 0.263. The van der Waals surface area contributed by atoms with Crippen molar-refractivity contribution in [3.63, 3.8) is 0 Å². The zero-order chi connectivity index (χ0) is 16.9. The van der Waals surface area contributed by atoms with Crippen molar-refractivity contribution in [2.45, 2.75) is 0 Å². The average Bonchev–Trinajstić information content (AvgIpc) is 2.63. The van der Waals surface area contributed by atoms with Gasteiger partial charge in [-0.2, -0.15) is 0 Å². The van der Waals surface area contributed by atoms with Gasteiger partial charge in [-0.1, -0.05) is 0 Å². The molecule has 0 aliphatic carbocycles. The Labute approximate surface area is 140 Å². The fourth-order valence-corrected chi connectivity index (χ4v) is 2.77. The van der Waals surface area contributed by atoms with Crippen LogP contribution in [-0.2, 0) is 0 Å². The van der Waals surface area contributed by atoms with E-state index in [1.165, 1.54) is 0 Å². The highest BCUT2D eigenvalue weighted by molar-refractivity contribution is 5.59. The summed E-state index contributed by atoms with van der Waals surface area (Å²) in [5, 5.41) is 8.32. The van der Waals surface area contributed by atoms with Crippen LogP contribution in [0.3, 0.4) is 0 Å². The molecule has 1 fully saturated rings. The lowest BCUT2D eigenvalue weighted by Gasteiger charge is -2.34. The van der Waals surface area contributed by atoms with Crippen LogP contribution in [0.1, 0.15) is 0 Å². The van der Waals surface area contributed by atoms with Gasteiger partial charge in [0.25, 0.3) is 5.56 Å². The molecule has 1 aromatic carbocycles. The first-order chi connectivity index (χ1) is 11.7. The Balaban J connectivity index is 1.74. The van der Waals surface area contributed by atoms with E-state index < -0.39 is 0 Å². The number of hydrogen-bond donors (Lipinski definition) is 2. The van der Waals surface area contributed by atoms with Crippen LogP contribution in [0.5, 0.6) is 5.75 Å². The number of hydrogen-bond acceptors (Lipinski definition) is 7. The number of H-pyrrole nitrogens is 1. The Kier molecular flexibility index (Phi) is 5.07. The van der Waals surface area contributed by atoms with E-state index in [0.717, 1.165) is 38.5 Å². The van der Waals surface area contributed by atoms with Gasteiger partial charge in [-0.3, -0.25) is 14.7 Å². The molecule has 2 heterocycles. The third-order valence-corrected chi connectivity index (χ3v) is 4.17. The van der Waals surface area contributed by atoms with Gasteiger partial charge in [0.2, 0.25) is 5.95 Å². The van der Waals surface area contributed by atoms with Crippen molar-refractivity contribution in [2.75, 3.05) is 51.3 Å². The molecular formula is C16H22N6O2. The van der Waals surface area contributed by atoms with Gasteiger partial charge in [-0.05, 0) is 24.3 Å². The lowest BCUT2D eigenvalue weighted by Crippen LogP contribution is -2.48. The van der Waals surface area contributed by atoms with E-state index in [1.807, 2.05) is 4.90 Å². The van der Waals surface area contributed by atoms with Crippen molar-refractivity contribution >= 4 is 5.95 Å². The molecule has 0 amide bonds. The van der Waals surface area contributed by atoms with Crippen molar-refractivity contribution in [3.8, 4) is 17.0 Å². The fourth-order valence-electron chi connectivity index (χ4n) is 2.77. The number of aromatic nitrogens is 3. The largest absolute Gasteiger partial charge is 0.497 e. The molecule has 1 aromatic heterocycles. The lowest BCUT2D eigenvalue weighted by atomic mass is 10.1. The molecule has 1 aliphatic heterocycles. The summed E-state index contributed by atoms with van der Waals surface area (Å²) >= 11 is 0. The summed E-state index contributed by atoms with van der Waals surface area (Å²) in [4.78, 5) is 19.5. The molecule has 3 rings (SSSR count). The summed E-state index contributed by atoms with van der Waals surface area (Å²) in [6, 6.07) is 7.18. The summed E-state index contributed by atoms with van der Waals surface area (Å²) in [6.45, 7) is 4.96. The second kappa shape index (κ2) is 7.41. The van der Waals surface area contributed by atoms with E-state index >= 15 is 0 Å². The van der Waals surface area contributed by atoms with Crippen molar-refractivity contribution in [1.82, 2.24) is 20.1 Å². The Morgan fingerprint density at radius 2 is 1.88 bits per heavy atom. The standard InChI is InChI=1S/C16H22N6O2/c1-24-13-4-2-12(3-5-13)14-15(23)18-16(20-19-14)22-10-8-21(7-6-17)9-11-22/h2-5H,6-11,17H2,1H3,(H,18,20,23). The predicted molar refractivity (Wildman–Crippen MR) is 92.3 cm³/mol. The maximum absolute atomic E-state index is 12.4. The smallest absolute Gasteiger partial charge is 0.279 e. The van der Waals surface area contributed by atoms with Gasteiger partial charge in [-0.25, -0.2) is 0 Å². The molecule has 0 spiro atoms. The van der Waals surface area contributed by atoms with Crippen LogP contribution in [0.25, 0.3) is 11.3 Å². The van der Waals surface area contributed by atoms with Crippen LogP contribution in [0.4, 0.5) is 5.95 Å². The zero-order valence-electron chi connectivity index (χ0n) is 13.7. The monoisotopic (exact) mass is 330 g/mol. The molecule has 0 unspecified atom stereocenters. The summed E-state index contributed by atoms with van der Waals surface area (Å²) in [5.74, 6) is 1.25. The van der Waals surface area contributed by atoms with E-state index in [-0.39, 0.29) is 5.56 Å². The second-order valence-corrected chi connectivity index (χ2v) is 5.67. The van der Waals surface area contributed by atoms with Gasteiger partial charge in [0, 0.05) is 44.8 Å². The highest BCUT2D eigenvalue weighted by atomic mass is 16.5. The summed E-state index contributed by atoms with van der Waals surface area (Å²) in [6.07, 6.45) is 0. The van der Waals surface area contributed by atoms with Crippen LogP contribution >= 0.6 is 0 Å². The van der Waals surface area contributed by atoms with Gasteiger partial charge >= 0.3 is 0 Å². The highest BCUT2D eigenvalue weighted by Gasteiger charge is 2.19. The number of nitrogens with zero attached hydrogens (tertiary/aromatic N) is 4. The Morgan fingerprint density at radius 1 is 1.17 bits per heavy atom. The first kappa shape index (κ1) is 16.4. The Bertz CT molecular complexity index is 722. The molecule has 0 bridgehead atoms. The van der Waals surface area contributed by atoms with Gasteiger partial charge in [-0.15, -0.1) is 10.2 Å². The minimum Gasteiger partial charge on any atom is -0.497 e. The fraction of sp³-hybridized carbons (Fsp3) is 0.438. The van der Waals surface area contributed by atoms with E-state index in [0.29, 0.717) is 23.8 Å². The quantitative estimate of drug-likeness (QED) is 0.791. The van der Waals surface area contributed by atoms with Gasteiger partial charge in [0.15, 0.2) is 5.69 Å². The van der Waals surface area contributed by atoms with Crippen LogP contribution < -0.4 is 20.9 Å². The molecule has 1 saturated heterocycles.